The molecule has 0 aliphatic carbocycles. The molecular formula is C20H23NO5. The average Bonchev–Trinajstić information content (AvgIpc) is 3.00. The number of rotatable bonds is 6. The molecule has 2 aromatic rings. The van der Waals surface area contributed by atoms with Gasteiger partial charge in [-0.05, 0) is 38.1 Å². The van der Waals surface area contributed by atoms with E-state index < -0.39 is 0 Å². The summed E-state index contributed by atoms with van der Waals surface area (Å²) in [5.74, 6) is 2.22. The molecule has 0 spiro atoms. The minimum Gasteiger partial charge on any atom is -0.493 e. The van der Waals surface area contributed by atoms with Crippen molar-refractivity contribution in [3.8, 4) is 23.0 Å². The van der Waals surface area contributed by atoms with Gasteiger partial charge < -0.3 is 24.3 Å². The molecule has 1 atom stereocenters. The third kappa shape index (κ3) is 3.54. The van der Waals surface area contributed by atoms with Crippen molar-refractivity contribution in [2.75, 3.05) is 26.1 Å². The summed E-state index contributed by atoms with van der Waals surface area (Å²) in [4.78, 5) is 12.7. The Balaban J connectivity index is 1.88. The van der Waals surface area contributed by atoms with Gasteiger partial charge in [0.15, 0.2) is 11.5 Å². The fourth-order valence-electron chi connectivity index (χ4n) is 2.98. The van der Waals surface area contributed by atoms with E-state index >= 15 is 0 Å². The van der Waals surface area contributed by atoms with Crippen LogP contribution < -0.4 is 24.3 Å². The Labute approximate surface area is 153 Å². The van der Waals surface area contributed by atoms with Crippen LogP contribution in [0.25, 0.3) is 0 Å². The first-order chi connectivity index (χ1) is 12.5. The van der Waals surface area contributed by atoms with Crippen LogP contribution in [0, 0.1) is 0 Å². The Kier molecular flexibility index (Phi) is 5.21. The molecule has 0 radical (unpaired) electrons. The maximum atomic E-state index is 12.7. The fourth-order valence-corrected chi connectivity index (χ4v) is 2.98. The first-order valence-electron chi connectivity index (χ1n) is 8.55. The van der Waals surface area contributed by atoms with Gasteiger partial charge in [-0.15, -0.1) is 0 Å². The lowest BCUT2D eigenvalue weighted by Crippen LogP contribution is -2.13. The summed E-state index contributed by atoms with van der Waals surface area (Å²) in [7, 11) is 3.09. The minimum absolute atomic E-state index is 0.122. The molecule has 0 aromatic heterocycles. The summed E-state index contributed by atoms with van der Waals surface area (Å²) in [5, 5.41) is 2.90. The van der Waals surface area contributed by atoms with E-state index in [1.165, 1.54) is 7.11 Å². The molecule has 2 aromatic carbocycles. The van der Waals surface area contributed by atoms with Crippen molar-refractivity contribution in [3.05, 3.63) is 41.5 Å². The molecular weight excluding hydrogens is 334 g/mol. The summed E-state index contributed by atoms with van der Waals surface area (Å²) in [5.41, 5.74) is 2.13. The van der Waals surface area contributed by atoms with Crippen molar-refractivity contribution in [2.45, 2.75) is 26.4 Å². The number of ether oxygens (including phenoxy) is 4. The highest BCUT2D eigenvalue weighted by atomic mass is 16.5. The standard InChI is InChI=1S/C20H23NO5/c1-5-25-18-10-14-8-12(2)26-17(14)11-15(18)21-20(22)13-6-7-16(23-3)19(9-13)24-4/h6-7,9-12H,5,8H2,1-4H3,(H,21,22)/t12-/m1/s1. The lowest BCUT2D eigenvalue weighted by atomic mass is 10.1. The van der Waals surface area contributed by atoms with Gasteiger partial charge >= 0.3 is 0 Å². The van der Waals surface area contributed by atoms with Crippen molar-refractivity contribution < 1.29 is 23.7 Å². The minimum atomic E-state index is -0.266. The fraction of sp³-hybridized carbons (Fsp3) is 0.350. The number of fused-ring (bicyclic) bond motifs is 1. The number of benzene rings is 2. The second-order valence-electron chi connectivity index (χ2n) is 6.05. The highest BCUT2D eigenvalue weighted by molar-refractivity contribution is 6.05. The molecule has 1 amide bonds. The summed E-state index contributed by atoms with van der Waals surface area (Å²) in [6.45, 7) is 4.43. The van der Waals surface area contributed by atoms with Gasteiger partial charge in [-0.1, -0.05) is 0 Å². The number of methoxy groups -OCH3 is 2. The summed E-state index contributed by atoms with van der Waals surface area (Å²) in [6.07, 6.45) is 0.954. The van der Waals surface area contributed by atoms with E-state index in [0.717, 1.165) is 17.7 Å². The van der Waals surface area contributed by atoms with E-state index in [0.29, 0.717) is 35.1 Å². The van der Waals surface area contributed by atoms with Crippen LogP contribution in [0.4, 0.5) is 5.69 Å². The molecule has 1 N–H and O–H groups in total. The van der Waals surface area contributed by atoms with Crippen LogP contribution in [0.15, 0.2) is 30.3 Å². The van der Waals surface area contributed by atoms with E-state index in [9.17, 15) is 4.79 Å². The van der Waals surface area contributed by atoms with E-state index in [1.807, 2.05) is 26.0 Å². The molecule has 0 bridgehead atoms. The summed E-state index contributed by atoms with van der Waals surface area (Å²) >= 11 is 0. The first kappa shape index (κ1) is 17.9. The zero-order chi connectivity index (χ0) is 18.7. The average molecular weight is 357 g/mol. The number of hydrogen-bond donors (Lipinski definition) is 1. The highest BCUT2D eigenvalue weighted by Gasteiger charge is 2.23. The van der Waals surface area contributed by atoms with Gasteiger partial charge in [-0.3, -0.25) is 4.79 Å². The van der Waals surface area contributed by atoms with Gasteiger partial charge in [0.1, 0.15) is 17.6 Å². The second kappa shape index (κ2) is 7.56. The van der Waals surface area contributed by atoms with E-state index in [-0.39, 0.29) is 12.0 Å². The number of carbonyl (C=O) groups excluding carboxylic acids is 1. The van der Waals surface area contributed by atoms with Crippen LogP contribution in [-0.2, 0) is 6.42 Å². The number of nitrogens with one attached hydrogen (secondary N) is 1. The van der Waals surface area contributed by atoms with Crippen molar-refractivity contribution in [1.82, 2.24) is 0 Å². The van der Waals surface area contributed by atoms with E-state index in [4.69, 9.17) is 18.9 Å². The summed E-state index contributed by atoms with van der Waals surface area (Å²) < 4.78 is 22.0. The summed E-state index contributed by atoms with van der Waals surface area (Å²) in [6, 6.07) is 8.78. The highest BCUT2D eigenvalue weighted by Crippen LogP contribution is 2.38. The molecule has 6 nitrogen and oxygen atoms in total. The van der Waals surface area contributed by atoms with Gasteiger partial charge in [-0.25, -0.2) is 0 Å². The van der Waals surface area contributed by atoms with Gasteiger partial charge in [0.25, 0.3) is 5.91 Å². The van der Waals surface area contributed by atoms with Crippen LogP contribution in [-0.4, -0.2) is 32.8 Å². The van der Waals surface area contributed by atoms with Crippen LogP contribution in [0.1, 0.15) is 29.8 Å². The lowest BCUT2D eigenvalue weighted by molar-refractivity contribution is 0.102. The van der Waals surface area contributed by atoms with E-state index in [2.05, 4.69) is 5.32 Å². The molecule has 0 saturated heterocycles. The Bertz CT molecular complexity index is 818. The lowest BCUT2D eigenvalue weighted by Gasteiger charge is -2.14. The Morgan fingerprint density at radius 1 is 1.15 bits per heavy atom. The predicted molar refractivity (Wildman–Crippen MR) is 98.9 cm³/mol. The maximum Gasteiger partial charge on any atom is 0.255 e. The van der Waals surface area contributed by atoms with Gasteiger partial charge in [-0.2, -0.15) is 0 Å². The first-order valence-corrected chi connectivity index (χ1v) is 8.55. The monoisotopic (exact) mass is 357 g/mol. The van der Waals surface area contributed by atoms with Crippen LogP contribution >= 0.6 is 0 Å². The third-order valence-electron chi connectivity index (χ3n) is 4.19. The molecule has 0 saturated carbocycles. The topological polar surface area (TPSA) is 66.0 Å². The van der Waals surface area contributed by atoms with Crippen LogP contribution in [0.2, 0.25) is 0 Å². The van der Waals surface area contributed by atoms with Crippen LogP contribution in [0.5, 0.6) is 23.0 Å². The quantitative estimate of drug-likeness (QED) is 0.854. The Hall–Kier alpha value is -2.89. The van der Waals surface area contributed by atoms with Crippen molar-refractivity contribution in [1.29, 1.82) is 0 Å². The third-order valence-corrected chi connectivity index (χ3v) is 4.19. The van der Waals surface area contributed by atoms with Crippen LogP contribution in [0.3, 0.4) is 0 Å². The SMILES string of the molecule is CCOc1cc2c(cc1NC(=O)c1ccc(OC)c(OC)c1)O[C@H](C)C2. The molecule has 0 fully saturated rings. The normalized spacial score (nSPS) is 15.0. The smallest absolute Gasteiger partial charge is 0.255 e. The largest absolute Gasteiger partial charge is 0.493 e. The molecule has 26 heavy (non-hydrogen) atoms. The molecule has 0 unspecified atom stereocenters. The van der Waals surface area contributed by atoms with Gasteiger partial charge in [0.2, 0.25) is 0 Å². The number of hydrogen-bond acceptors (Lipinski definition) is 5. The molecule has 138 valence electrons. The van der Waals surface area contributed by atoms with Crippen molar-refractivity contribution >= 4 is 11.6 Å². The Morgan fingerprint density at radius 3 is 2.62 bits per heavy atom. The number of anilines is 1. The molecule has 6 heteroatoms. The van der Waals surface area contributed by atoms with E-state index in [1.54, 1.807) is 25.3 Å². The Morgan fingerprint density at radius 2 is 1.92 bits per heavy atom. The zero-order valence-corrected chi connectivity index (χ0v) is 15.4. The zero-order valence-electron chi connectivity index (χ0n) is 15.4. The maximum absolute atomic E-state index is 12.7. The number of amides is 1. The molecule has 1 heterocycles. The van der Waals surface area contributed by atoms with Gasteiger partial charge in [0, 0.05) is 23.6 Å². The van der Waals surface area contributed by atoms with Crippen molar-refractivity contribution in [3.63, 3.8) is 0 Å². The molecule has 1 aliphatic heterocycles. The predicted octanol–water partition coefficient (Wildman–Crippen LogP) is 3.68. The molecule has 3 rings (SSSR count). The van der Waals surface area contributed by atoms with Crippen molar-refractivity contribution in [2.24, 2.45) is 0 Å². The van der Waals surface area contributed by atoms with Gasteiger partial charge in [0.05, 0.1) is 26.5 Å². The molecule has 1 aliphatic rings. The number of carbonyl (C=O) groups is 1. The second-order valence-corrected chi connectivity index (χ2v) is 6.05.